The second kappa shape index (κ2) is 9.22. The Labute approximate surface area is 183 Å². The van der Waals surface area contributed by atoms with E-state index in [1.165, 1.54) is 11.6 Å². The number of nitrogens with zero attached hydrogens (tertiary/aromatic N) is 3. The summed E-state index contributed by atoms with van der Waals surface area (Å²) < 4.78 is 1.39. The Balaban J connectivity index is 1.58. The van der Waals surface area contributed by atoms with Crippen molar-refractivity contribution in [2.75, 3.05) is 5.32 Å². The molecule has 0 bridgehead atoms. The number of benzene rings is 2. The van der Waals surface area contributed by atoms with Gasteiger partial charge in [0.1, 0.15) is 0 Å². The fraction of sp³-hybridized carbons (Fsp3) is 0.125. The summed E-state index contributed by atoms with van der Waals surface area (Å²) in [4.78, 5) is 40.8. The van der Waals surface area contributed by atoms with Crippen LogP contribution in [0, 0.1) is 0 Å². The average molecular weight is 427 g/mol. The highest BCUT2D eigenvalue weighted by Crippen LogP contribution is 2.14. The predicted molar refractivity (Wildman–Crippen MR) is 121 cm³/mol. The van der Waals surface area contributed by atoms with E-state index in [0.717, 1.165) is 5.56 Å². The Morgan fingerprint density at radius 2 is 1.72 bits per heavy atom. The lowest BCUT2D eigenvalue weighted by molar-refractivity contribution is -0.114. The van der Waals surface area contributed by atoms with Gasteiger partial charge in [-0.05, 0) is 42.0 Å². The summed E-state index contributed by atoms with van der Waals surface area (Å²) in [7, 11) is 0. The van der Waals surface area contributed by atoms with E-state index in [2.05, 4.69) is 20.7 Å². The lowest BCUT2D eigenvalue weighted by Crippen LogP contribution is -2.29. The lowest BCUT2D eigenvalue weighted by Gasteiger charge is -2.12. The number of nitrogens with one attached hydrogen (secondary N) is 2. The number of carbonyl (C=O) groups is 2. The highest BCUT2D eigenvalue weighted by Gasteiger charge is 2.13. The highest BCUT2D eigenvalue weighted by molar-refractivity contribution is 5.95. The summed E-state index contributed by atoms with van der Waals surface area (Å²) in [5, 5.41) is 11.3. The minimum absolute atomic E-state index is 0.153. The number of hydrogen-bond acceptors (Lipinski definition) is 5. The van der Waals surface area contributed by atoms with Crippen LogP contribution in [0.4, 0.5) is 5.69 Å². The quantitative estimate of drug-likeness (QED) is 0.492. The van der Waals surface area contributed by atoms with Crippen molar-refractivity contribution in [1.29, 1.82) is 0 Å². The van der Waals surface area contributed by atoms with Gasteiger partial charge in [0.2, 0.25) is 5.91 Å². The molecule has 0 radical (unpaired) electrons. The van der Waals surface area contributed by atoms with Crippen molar-refractivity contribution in [3.05, 3.63) is 100 Å². The van der Waals surface area contributed by atoms with Gasteiger partial charge in [0.05, 0.1) is 24.2 Å². The molecule has 0 fully saturated rings. The monoisotopic (exact) mass is 427 g/mol. The van der Waals surface area contributed by atoms with Gasteiger partial charge in [-0.3, -0.25) is 19.4 Å². The molecule has 8 nitrogen and oxygen atoms in total. The van der Waals surface area contributed by atoms with Crippen LogP contribution in [0.2, 0.25) is 0 Å². The molecule has 32 heavy (non-hydrogen) atoms. The van der Waals surface area contributed by atoms with Crippen molar-refractivity contribution in [3.8, 4) is 0 Å². The van der Waals surface area contributed by atoms with E-state index < -0.39 is 0 Å². The highest BCUT2D eigenvalue weighted by atomic mass is 16.2. The first-order chi connectivity index (χ1) is 15.5. The normalized spacial score (nSPS) is 10.7. The molecule has 2 aromatic heterocycles. The molecule has 8 heteroatoms. The van der Waals surface area contributed by atoms with Crippen molar-refractivity contribution in [2.45, 2.75) is 20.0 Å². The molecule has 0 atom stereocenters. The molecule has 4 rings (SSSR count). The third-order valence-corrected chi connectivity index (χ3v) is 4.88. The molecule has 0 saturated heterocycles. The largest absolute Gasteiger partial charge is 0.346 e. The van der Waals surface area contributed by atoms with Crippen LogP contribution < -0.4 is 16.2 Å². The Morgan fingerprint density at radius 1 is 0.969 bits per heavy atom. The van der Waals surface area contributed by atoms with Crippen LogP contribution in [-0.2, 0) is 17.9 Å². The van der Waals surface area contributed by atoms with Crippen LogP contribution in [0.25, 0.3) is 10.8 Å². The van der Waals surface area contributed by atoms with E-state index in [1.54, 1.807) is 54.9 Å². The van der Waals surface area contributed by atoms with E-state index in [4.69, 9.17) is 0 Å². The molecule has 0 spiro atoms. The second-order valence-electron chi connectivity index (χ2n) is 7.26. The maximum atomic E-state index is 12.9. The van der Waals surface area contributed by atoms with Crippen LogP contribution >= 0.6 is 0 Å². The molecule has 2 amide bonds. The van der Waals surface area contributed by atoms with Crippen LogP contribution in [0.3, 0.4) is 0 Å². The maximum absolute atomic E-state index is 12.9. The van der Waals surface area contributed by atoms with Crippen molar-refractivity contribution in [3.63, 3.8) is 0 Å². The minimum Gasteiger partial charge on any atom is -0.346 e. The Bertz CT molecular complexity index is 1330. The molecule has 4 aromatic rings. The van der Waals surface area contributed by atoms with Crippen LogP contribution in [-0.4, -0.2) is 26.6 Å². The molecule has 0 unspecified atom stereocenters. The molecule has 0 aliphatic carbocycles. The predicted octanol–water partition coefficient (Wildman–Crippen LogP) is 2.73. The summed E-state index contributed by atoms with van der Waals surface area (Å²) in [6, 6.07) is 17.5. The first-order valence-corrected chi connectivity index (χ1v) is 10.0. The van der Waals surface area contributed by atoms with Crippen molar-refractivity contribution >= 4 is 28.3 Å². The van der Waals surface area contributed by atoms with Crippen LogP contribution in [0.1, 0.15) is 28.5 Å². The van der Waals surface area contributed by atoms with Crippen molar-refractivity contribution < 1.29 is 9.59 Å². The summed E-state index contributed by atoms with van der Waals surface area (Å²) >= 11 is 0. The average Bonchev–Trinajstić information content (AvgIpc) is 2.81. The van der Waals surface area contributed by atoms with Gasteiger partial charge in [-0.25, -0.2) is 4.68 Å². The summed E-state index contributed by atoms with van der Waals surface area (Å²) in [5.41, 5.74) is 2.31. The third-order valence-electron chi connectivity index (χ3n) is 4.88. The number of aromatic nitrogens is 3. The summed E-state index contributed by atoms with van der Waals surface area (Å²) in [6.07, 6.45) is 3.36. The third kappa shape index (κ3) is 4.70. The number of fused-ring (bicyclic) bond motifs is 1. The first-order valence-electron chi connectivity index (χ1n) is 10.0. The van der Waals surface area contributed by atoms with E-state index in [9.17, 15) is 14.4 Å². The minimum atomic E-state index is -0.282. The Morgan fingerprint density at radius 3 is 2.41 bits per heavy atom. The van der Waals surface area contributed by atoms with Gasteiger partial charge in [-0.15, -0.1) is 0 Å². The second-order valence-corrected chi connectivity index (χ2v) is 7.26. The molecule has 0 saturated carbocycles. The van der Waals surface area contributed by atoms with Gasteiger partial charge in [0, 0.05) is 36.0 Å². The molecular formula is C24H21N5O3. The molecule has 2 aromatic carbocycles. The Hall–Kier alpha value is -4.33. The lowest BCUT2D eigenvalue weighted by atomic mass is 10.1. The van der Waals surface area contributed by atoms with Gasteiger partial charge >= 0.3 is 0 Å². The first kappa shape index (κ1) is 20.9. The number of carbonyl (C=O) groups excluding carboxylic acids is 2. The van der Waals surface area contributed by atoms with E-state index in [1.807, 2.05) is 18.2 Å². The number of amides is 2. The van der Waals surface area contributed by atoms with Crippen LogP contribution in [0.5, 0.6) is 0 Å². The fourth-order valence-electron chi connectivity index (χ4n) is 3.38. The smallest absolute Gasteiger partial charge is 0.274 e. The summed E-state index contributed by atoms with van der Waals surface area (Å²) in [5.74, 6) is -0.461. The van der Waals surface area contributed by atoms with Gasteiger partial charge in [0.15, 0.2) is 0 Å². The van der Waals surface area contributed by atoms with Gasteiger partial charge < -0.3 is 10.6 Å². The van der Waals surface area contributed by atoms with E-state index in [0.29, 0.717) is 27.7 Å². The van der Waals surface area contributed by atoms with Crippen molar-refractivity contribution in [2.24, 2.45) is 0 Å². The topological polar surface area (TPSA) is 106 Å². The number of anilines is 1. The van der Waals surface area contributed by atoms with E-state index in [-0.39, 0.29) is 30.5 Å². The van der Waals surface area contributed by atoms with Crippen molar-refractivity contribution in [1.82, 2.24) is 20.1 Å². The van der Waals surface area contributed by atoms with Gasteiger partial charge in [-0.2, -0.15) is 5.10 Å². The number of hydrogen-bond donors (Lipinski definition) is 2. The molecule has 0 aliphatic rings. The van der Waals surface area contributed by atoms with Crippen LogP contribution in [0.15, 0.2) is 77.9 Å². The number of pyridine rings is 1. The summed E-state index contributed by atoms with van der Waals surface area (Å²) in [6.45, 7) is 1.86. The SMILES string of the molecule is CC(=O)Nc1ccc(C(=O)NCc2nn(Cc3cccnc3)c(=O)c3ccccc23)cc1. The van der Waals surface area contributed by atoms with E-state index >= 15 is 0 Å². The van der Waals surface area contributed by atoms with Gasteiger partial charge in [-0.1, -0.05) is 24.3 Å². The maximum Gasteiger partial charge on any atom is 0.274 e. The van der Waals surface area contributed by atoms with Gasteiger partial charge in [0.25, 0.3) is 11.5 Å². The standard InChI is InChI=1S/C24H21N5O3/c1-16(30)27-19-10-8-18(9-11-19)23(31)26-14-22-20-6-2-3-7-21(20)24(32)29(28-22)15-17-5-4-12-25-13-17/h2-13H,14-15H2,1H3,(H,26,31)(H,27,30). The zero-order valence-electron chi connectivity index (χ0n) is 17.4. The zero-order valence-corrected chi connectivity index (χ0v) is 17.4. The number of rotatable bonds is 6. The molecule has 2 N–H and O–H groups in total. The molecule has 160 valence electrons. The molecule has 2 heterocycles. The molecular weight excluding hydrogens is 406 g/mol. The fourth-order valence-corrected chi connectivity index (χ4v) is 3.38. The Kier molecular flexibility index (Phi) is 6.03. The zero-order chi connectivity index (χ0) is 22.5. The molecule has 0 aliphatic heterocycles.